The van der Waals surface area contributed by atoms with E-state index in [1.165, 1.54) is 0 Å². The molecule has 0 aromatic heterocycles. The minimum Gasteiger partial charge on any atom is -0.478 e. The highest BCUT2D eigenvalue weighted by atomic mass is 16.4. The monoisotopic (exact) mass is 262 g/mol. The van der Waals surface area contributed by atoms with Crippen molar-refractivity contribution in [2.24, 2.45) is 0 Å². The number of aromatic carboxylic acids is 1. The Kier molecular flexibility index (Phi) is 10.9. The quantitative estimate of drug-likeness (QED) is 0.774. The van der Waals surface area contributed by atoms with Crippen molar-refractivity contribution < 1.29 is 20.1 Å². The number of carboxylic acid groups (broad SMARTS) is 1. The summed E-state index contributed by atoms with van der Waals surface area (Å²) in [6.45, 7) is -0.250. The van der Waals surface area contributed by atoms with E-state index in [2.05, 4.69) is 0 Å². The van der Waals surface area contributed by atoms with Crippen LogP contribution in [0.15, 0.2) is 66.7 Å². The third kappa shape index (κ3) is 10.7. The van der Waals surface area contributed by atoms with Crippen molar-refractivity contribution in [3.8, 4) is 0 Å². The third-order valence-electron chi connectivity index (χ3n) is 1.79. The van der Waals surface area contributed by atoms with Gasteiger partial charge in [-0.05, 0) is 12.1 Å². The number of rotatable bonds is 2. The van der Waals surface area contributed by atoms with Gasteiger partial charge in [0.05, 0.1) is 18.8 Å². The molecule has 102 valence electrons. The first-order valence-electron chi connectivity index (χ1n) is 5.72. The Morgan fingerprint density at radius 1 is 0.737 bits per heavy atom. The normalized spacial score (nSPS) is 8.32. The summed E-state index contributed by atoms with van der Waals surface area (Å²) in [5, 5.41) is 23.6. The zero-order chi connectivity index (χ0) is 14.3. The summed E-state index contributed by atoms with van der Waals surface area (Å²) in [4.78, 5) is 10.2. The second-order valence-electron chi connectivity index (χ2n) is 3.27. The van der Waals surface area contributed by atoms with Gasteiger partial charge in [-0.25, -0.2) is 4.79 Å². The van der Waals surface area contributed by atoms with Crippen molar-refractivity contribution in [3.63, 3.8) is 0 Å². The van der Waals surface area contributed by atoms with Crippen LogP contribution in [0.25, 0.3) is 0 Å². The van der Waals surface area contributed by atoms with Crippen molar-refractivity contribution in [3.05, 3.63) is 72.3 Å². The SMILES string of the molecule is O=C(O)c1ccccc1.OCCO.c1ccccc1. The van der Waals surface area contributed by atoms with Crippen molar-refractivity contribution in [1.82, 2.24) is 0 Å². The summed E-state index contributed by atoms with van der Waals surface area (Å²) in [7, 11) is 0. The molecule has 2 rings (SSSR count). The van der Waals surface area contributed by atoms with E-state index in [4.69, 9.17) is 15.3 Å². The molecule has 3 N–H and O–H groups in total. The van der Waals surface area contributed by atoms with E-state index in [9.17, 15) is 4.79 Å². The van der Waals surface area contributed by atoms with Gasteiger partial charge in [0.1, 0.15) is 0 Å². The smallest absolute Gasteiger partial charge is 0.335 e. The van der Waals surface area contributed by atoms with Crippen LogP contribution in [0.5, 0.6) is 0 Å². The van der Waals surface area contributed by atoms with Crippen LogP contribution in [0.4, 0.5) is 0 Å². The minimum atomic E-state index is -0.879. The summed E-state index contributed by atoms with van der Waals surface area (Å²) in [6.07, 6.45) is 0. The molecule has 0 heterocycles. The molecular formula is C15H18O4. The van der Waals surface area contributed by atoms with Gasteiger partial charge < -0.3 is 15.3 Å². The van der Waals surface area contributed by atoms with Gasteiger partial charge in [-0.3, -0.25) is 0 Å². The average Bonchev–Trinajstić information content (AvgIpc) is 2.51. The van der Waals surface area contributed by atoms with Crippen LogP contribution < -0.4 is 0 Å². The fourth-order valence-corrected chi connectivity index (χ4v) is 0.966. The first-order chi connectivity index (χ1) is 9.22. The van der Waals surface area contributed by atoms with Gasteiger partial charge in [-0.1, -0.05) is 54.6 Å². The Labute approximate surface area is 112 Å². The second-order valence-corrected chi connectivity index (χ2v) is 3.27. The number of aliphatic hydroxyl groups is 2. The standard InChI is InChI=1S/C7H6O2.C6H6.C2H6O2/c8-7(9)6-4-2-1-3-5-6;1-2-4-6-5-3-1;3-1-2-4/h1-5H,(H,8,9);1-6H;3-4H,1-2H2. The number of hydrogen-bond donors (Lipinski definition) is 3. The lowest BCUT2D eigenvalue weighted by Gasteiger charge is -1.88. The van der Waals surface area contributed by atoms with Crippen LogP contribution in [0.2, 0.25) is 0 Å². The Hall–Kier alpha value is -2.17. The molecule has 0 spiro atoms. The van der Waals surface area contributed by atoms with E-state index in [1.54, 1.807) is 30.3 Å². The highest BCUT2D eigenvalue weighted by Gasteiger charge is 1.96. The van der Waals surface area contributed by atoms with E-state index in [1.807, 2.05) is 36.4 Å². The summed E-state index contributed by atoms with van der Waals surface area (Å²) in [5.41, 5.74) is 0.331. The Morgan fingerprint density at radius 2 is 1.05 bits per heavy atom. The van der Waals surface area contributed by atoms with Crippen LogP contribution in [-0.2, 0) is 0 Å². The molecule has 0 radical (unpaired) electrons. The fourth-order valence-electron chi connectivity index (χ4n) is 0.966. The van der Waals surface area contributed by atoms with Crippen LogP contribution in [0, 0.1) is 0 Å². The summed E-state index contributed by atoms with van der Waals surface area (Å²) >= 11 is 0. The number of aliphatic hydroxyl groups excluding tert-OH is 2. The maximum atomic E-state index is 10.2. The Morgan fingerprint density at radius 3 is 1.26 bits per heavy atom. The largest absolute Gasteiger partial charge is 0.478 e. The molecule has 0 unspecified atom stereocenters. The Balaban J connectivity index is 0.000000281. The highest BCUT2D eigenvalue weighted by molar-refractivity contribution is 5.87. The molecule has 0 saturated heterocycles. The van der Waals surface area contributed by atoms with Gasteiger partial charge in [-0.15, -0.1) is 0 Å². The van der Waals surface area contributed by atoms with Crippen molar-refractivity contribution in [2.45, 2.75) is 0 Å². The van der Waals surface area contributed by atoms with Gasteiger partial charge >= 0.3 is 5.97 Å². The molecule has 0 aliphatic carbocycles. The predicted octanol–water partition coefficient (Wildman–Crippen LogP) is 2.04. The lowest BCUT2D eigenvalue weighted by molar-refractivity contribution is 0.0697. The van der Waals surface area contributed by atoms with Crippen LogP contribution in [0.1, 0.15) is 10.4 Å². The van der Waals surface area contributed by atoms with E-state index >= 15 is 0 Å². The maximum absolute atomic E-state index is 10.2. The highest BCUT2D eigenvalue weighted by Crippen LogP contribution is 1.96. The molecule has 2 aromatic carbocycles. The van der Waals surface area contributed by atoms with Gasteiger partial charge in [0.25, 0.3) is 0 Å². The molecule has 2 aromatic rings. The molecule has 0 aliphatic heterocycles. The maximum Gasteiger partial charge on any atom is 0.335 e. The van der Waals surface area contributed by atoms with E-state index in [0.29, 0.717) is 5.56 Å². The van der Waals surface area contributed by atoms with Crippen molar-refractivity contribution in [1.29, 1.82) is 0 Å². The van der Waals surface area contributed by atoms with Crippen LogP contribution >= 0.6 is 0 Å². The molecule has 0 aliphatic rings. The van der Waals surface area contributed by atoms with Gasteiger partial charge in [0.2, 0.25) is 0 Å². The van der Waals surface area contributed by atoms with Gasteiger partial charge in [-0.2, -0.15) is 0 Å². The zero-order valence-electron chi connectivity index (χ0n) is 10.5. The molecule has 0 atom stereocenters. The average molecular weight is 262 g/mol. The molecule has 0 fully saturated rings. The van der Waals surface area contributed by atoms with E-state index in [0.717, 1.165) is 0 Å². The number of carbonyl (C=O) groups is 1. The summed E-state index contributed by atoms with van der Waals surface area (Å²) < 4.78 is 0. The van der Waals surface area contributed by atoms with E-state index < -0.39 is 5.97 Å². The lowest BCUT2D eigenvalue weighted by atomic mass is 10.2. The second kappa shape index (κ2) is 12.3. The summed E-state index contributed by atoms with van der Waals surface area (Å²) in [6, 6.07) is 20.3. The lowest BCUT2D eigenvalue weighted by Crippen LogP contribution is -1.93. The Bertz CT molecular complexity index is 386. The molecule has 0 amide bonds. The molecular weight excluding hydrogens is 244 g/mol. The molecule has 0 saturated carbocycles. The molecule has 4 nitrogen and oxygen atoms in total. The molecule has 19 heavy (non-hydrogen) atoms. The van der Waals surface area contributed by atoms with Crippen LogP contribution in [0.3, 0.4) is 0 Å². The number of carboxylic acids is 1. The molecule has 0 bridgehead atoms. The number of hydrogen-bond acceptors (Lipinski definition) is 3. The minimum absolute atomic E-state index is 0.125. The van der Waals surface area contributed by atoms with Crippen molar-refractivity contribution >= 4 is 5.97 Å². The zero-order valence-corrected chi connectivity index (χ0v) is 10.5. The molecule has 4 heteroatoms. The van der Waals surface area contributed by atoms with E-state index in [-0.39, 0.29) is 13.2 Å². The van der Waals surface area contributed by atoms with Gasteiger partial charge in [0.15, 0.2) is 0 Å². The first-order valence-corrected chi connectivity index (χ1v) is 5.72. The third-order valence-corrected chi connectivity index (χ3v) is 1.79. The first kappa shape index (κ1) is 16.8. The number of benzene rings is 2. The fraction of sp³-hybridized carbons (Fsp3) is 0.133. The van der Waals surface area contributed by atoms with Crippen LogP contribution in [-0.4, -0.2) is 34.5 Å². The predicted molar refractivity (Wildman–Crippen MR) is 74.0 cm³/mol. The van der Waals surface area contributed by atoms with Gasteiger partial charge in [0, 0.05) is 0 Å². The summed E-state index contributed by atoms with van der Waals surface area (Å²) in [5.74, 6) is -0.879. The topological polar surface area (TPSA) is 77.8 Å². The van der Waals surface area contributed by atoms with Crippen molar-refractivity contribution in [2.75, 3.05) is 13.2 Å².